The predicted molar refractivity (Wildman–Crippen MR) is 95.5 cm³/mol. The van der Waals surface area contributed by atoms with Crippen LogP contribution in [0.3, 0.4) is 0 Å². The molecule has 1 fully saturated rings. The van der Waals surface area contributed by atoms with Gasteiger partial charge in [0.2, 0.25) is 0 Å². The summed E-state index contributed by atoms with van der Waals surface area (Å²) in [5, 5.41) is 14.5. The molecule has 2 aromatic carbocycles. The number of benzene rings is 2. The van der Waals surface area contributed by atoms with Crippen molar-refractivity contribution in [2.45, 2.75) is 37.3 Å². The third kappa shape index (κ3) is 4.72. The van der Waals surface area contributed by atoms with Crippen LogP contribution in [-0.2, 0) is 0 Å². The zero-order valence-corrected chi connectivity index (χ0v) is 14.3. The second-order valence-corrected chi connectivity index (χ2v) is 6.79. The van der Waals surface area contributed by atoms with E-state index in [-0.39, 0.29) is 6.04 Å². The van der Waals surface area contributed by atoms with Gasteiger partial charge in [-0.3, -0.25) is 0 Å². The van der Waals surface area contributed by atoms with Gasteiger partial charge in [0.25, 0.3) is 0 Å². The lowest BCUT2D eigenvalue weighted by molar-refractivity contribution is 0.0561. The van der Waals surface area contributed by atoms with E-state index in [0.29, 0.717) is 23.6 Å². The van der Waals surface area contributed by atoms with Gasteiger partial charge in [-0.2, -0.15) is 0 Å². The van der Waals surface area contributed by atoms with E-state index in [9.17, 15) is 13.9 Å². The zero-order chi connectivity index (χ0) is 17.9. The maximum absolute atomic E-state index is 13.3. The van der Waals surface area contributed by atoms with Crippen molar-refractivity contribution < 1.29 is 13.9 Å². The Morgan fingerprint density at radius 1 is 1.16 bits per heavy atom. The van der Waals surface area contributed by atoms with Crippen LogP contribution in [0, 0.1) is 23.5 Å². The number of nitrogens with one attached hydrogen (secondary N) is 1. The van der Waals surface area contributed by atoms with Crippen LogP contribution in [0.4, 0.5) is 14.5 Å². The van der Waals surface area contributed by atoms with Gasteiger partial charge in [0, 0.05) is 34.8 Å². The van der Waals surface area contributed by atoms with Crippen LogP contribution >= 0.6 is 11.6 Å². The maximum Gasteiger partial charge on any atom is 0.160 e. The Hall–Kier alpha value is -2.09. The van der Waals surface area contributed by atoms with E-state index in [2.05, 4.69) is 17.2 Å². The molecule has 2 N–H and O–H groups in total. The Bertz CT molecular complexity index is 830. The molecule has 2 atom stereocenters. The molecular formula is C20H18ClF2NO. The highest BCUT2D eigenvalue weighted by atomic mass is 35.5. The van der Waals surface area contributed by atoms with Crippen LogP contribution in [0.15, 0.2) is 42.5 Å². The van der Waals surface area contributed by atoms with Gasteiger partial charge in [-0.25, -0.2) is 8.78 Å². The van der Waals surface area contributed by atoms with E-state index in [4.69, 9.17) is 11.6 Å². The predicted octanol–water partition coefficient (Wildman–Crippen LogP) is 4.76. The lowest BCUT2D eigenvalue weighted by atomic mass is 9.82. The molecule has 0 aromatic heterocycles. The molecule has 0 amide bonds. The maximum atomic E-state index is 13.3. The summed E-state index contributed by atoms with van der Waals surface area (Å²) in [6.45, 7) is 0. The van der Waals surface area contributed by atoms with E-state index in [0.717, 1.165) is 30.5 Å². The highest BCUT2D eigenvalue weighted by Crippen LogP contribution is 2.30. The van der Waals surface area contributed by atoms with Crippen molar-refractivity contribution in [3.8, 4) is 11.8 Å². The van der Waals surface area contributed by atoms with Gasteiger partial charge in [-0.05, 0) is 49.6 Å². The van der Waals surface area contributed by atoms with Crippen LogP contribution in [0.5, 0.6) is 0 Å². The summed E-state index contributed by atoms with van der Waals surface area (Å²) in [5.74, 6) is 4.16. The molecule has 0 heterocycles. The van der Waals surface area contributed by atoms with Gasteiger partial charge >= 0.3 is 0 Å². The minimum Gasteiger partial charge on any atom is -0.382 e. The minimum absolute atomic E-state index is 0.0581. The molecule has 0 aliphatic heterocycles. The van der Waals surface area contributed by atoms with Gasteiger partial charge in [-0.1, -0.05) is 29.5 Å². The smallest absolute Gasteiger partial charge is 0.160 e. The molecule has 3 rings (SSSR count). The molecule has 0 unspecified atom stereocenters. The lowest BCUT2D eigenvalue weighted by Crippen LogP contribution is -2.39. The van der Waals surface area contributed by atoms with Crippen molar-refractivity contribution in [2.75, 3.05) is 5.32 Å². The Kier molecular flexibility index (Phi) is 5.27. The molecule has 0 radical (unpaired) electrons. The second kappa shape index (κ2) is 7.43. The van der Waals surface area contributed by atoms with Gasteiger partial charge in [-0.15, -0.1) is 0 Å². The van der Waals surface area contributed by atoms with Gasteiger partial charge < -0.3 is 10.4 Å². The average Bonchev–Trinajstić information content (AvgIpc) is 2.57. The highest BCUT2D eigenvalue weighted by Gasteiger charge is 2.32. The summed E-state index contributed by atoms with van der Waals surface area (Å²) >= 11 is 5.94. The molecule has 25 heavy (non-hydrogen) atoms. The van der Waals surface area contributed by atoms with Crippen LogP contribution in [0.2, 0.25) is 5.02 Å². The second-order valence-electron chi connectivity index (χ2n) is 6.36. The van der Waals surface area contributed by atoms with Gasteiger partial charge in [0.1, 0.15) is 5.60 Å². The monoisotopic (exact) mass is 361 g/mol. The van der Waals surface area contributed by atoms with Crippen molar-refractivity contribution in [3.05, 3.63) is 64.7 Å². The van der Waals surface area contributed by atoms with Crippen molar-refractivity contribution in [2.24, 2.45) is 0 Å². The third-order valence-corrected chi connectivity index (χ3v) is 4.52. The number of anilines is 1. The summed E-state index contributed by atoms with van der Waals surface area (Å²) in [7, 11) is 0. The van der Waals surface area contributed by atoms with E-state index in [1.165, 1.54) is 6.07 Å². The first-order chi connectivity index (χ1) is 11.9. The summed E-state index contributed by atoms with van der Waals surface area (Å²) in [5.41, 5.74) is 0.129. The number of aliphatic hydroxyl groups is 1. The topological polar surface area (TPSA) is 32.3 Å². The Labute approximate surface area is 150 Å². The Morgan fingerprint density at radius 3 is 2.76 bits per heavy atom. The van der Waals surface area contributed by atoms with Crippen LogP contribution < -0.4 is 5.32 Å². The fraction of sp³-hybridized carbons (Fsp3) is 0.300. The van der Waals surface area contributed by atoms with Crippen molar-refractivity contribution in [1.29, 1.82) is 0 Å². The molecule has 1 saturated carbocycles. The molecule has 2 aromatic rings. The third-order valence-electron chi connectivity index (χ3n) is 4.28. The Balaban J connectivity index is 1.70. The number of halogens is 3. The van der Waals surface area contributed by atoms with Crippen molar-refractivity contribution >= 4 is 17.3 Å². The summed E-state index contributed by atoms with van der Waals surface area (Å²) < 4.78 is 26.3. The molecule has 130 valence electrons. The summed E-state index contributed by atoms with van der Waals surface area (Å²) in [6.07, 6.45) is 2.62. The van der Waals surface area contributed by atoms with Crippen LogP contribution in [0.1, 0.15) is 31.2 Å². The normalized spacial score (nSPS) is 22.8. The van der Waals surface area contributed by atoms with Gasteiger partial charge in [0.05, 0.1) is 0 Å². The fourth-order valence-corrected chi connectivity index (χ4v) is 3.26. The average molecular weight is 362 g/mol. The molecule has 5 heteroatoms. The molecule has 2 nitrogen and oxygen atoms in total. The lowest BCUT2D eigenvalue weighted by Gasteiger charge is -2.34. The van der Waals surface area contributed by atoms with E-state index in [1.54, 1.807) is 12.1 Å². The molecule has 1 aliphatic rings. The van der Waals surface area contributed by atoms with E-state index in [1.807, 2.05) is 12.1 Å². The fourth-order valence-electron chi connectivity index (χ4n) is 3.07. The molecule has 0 saturated heterocycles. The Morgan fingerprint density at radius 2 is 2.00 bits per heavy atom. The van der Waals surface area contributed by atoms with E-state index < -0.39 is 17.2 Å². The van der Waals surface area contributed by atoms with Crippen LogP contribution in [0.25, 0.3) is 0 Å². The largest absolute Gasteiger partial charge is 0.382 e. The van der Waals surface area contributed by atoms with Crippen molar-refractivity contribution in [3.63, 3.8) is 0 Å². The van der Waals surface area contributed by atoms with Gasteiger partial charge in [0.15, 0.2) is 11.6 Å². The van der Waals surface area contributed by atoms with E-state index >= 15 is 0 Å². The van der Waals surface area contributed by atoms with Crippen LogP contribution in [-0.4, -0.2) is 16.7 Å². The summed E-state index contributed by atoms with van der Waals surface area (Å²) in [6, 6.07) is 10.8. The van der Waals surface area contributed by atoms with Crippen molar-refractivity contribution in [1.82, 2.24) is 0 Å². The number of rotatable bonds is 2. The number of hydrogen-bond donors (Lipinski definition) is 2. The highest BCUT2D eigenvalue weighted by molar-refractivity contribution is 6.30. The molecule has 1 aliphatic carbocycles. The minimum atomic E-state index is -1.11. The zero-order valence-electron chi connectivity index (χ0n) is 13.5. The quantitative estimate of drug-likeness (QED) is 0.756. The first-order valence-electron chi connectivity index (χ1n) is 8.16. The molecular weight excluding hydrogens is 344 g/mol. The first-order valence-corrected chi connectivity index (χ1v) is 8.54. The molecule has 0 spiro atoms. The summed E-state index contributed by atoms with van der Waals surface area (Å²) in [4.78, 5) is 0. The molecule has 0 bridgehead atoms. The SMILES string of the molecule is O[C@]1(C#Cc2cccc(Cl)c2)CCC[C@@H](Nc2ccc(F)c(F)c2)C1. The number of hydrogen-bond acceptors (Lipinski definition) is 2. The standard InChI is InChI=1S/C20H18ClF2NO/c21-15-4-1-3-14(11-15)8-10-20(25)9-2-5-17(13-20)24-16-6-7-18(22)19(23)12-16/h1,3-4,6-7,11-12,17,24-25H,2,5,9,13H2/t17-,20+/m1/s1. The first kappa shape index (κ1) is 17.7.